The van der Waals surface area contributed by atoms with Gasteiger partial charge in [-0.3, -0.25) is 9.48 Å². The summed E-state index contributed by atoms with van der Waals surface area (Å²) in [5, 5.41) is 4.25. The van der Waals surface area contributed by atoms with Gasteiger partial charge in [-0.05, 0) is 43.9 Å². The summed E-state index contributed by atoms with van der Waals surface area (Å²) in [7, 11) is -1.87. The molecule has 29 heavy (non-hydrogen) atoms. The van der Waals surface area contributed by atoms with Crippen molar-refractivity contribution in [3.63, 3.8) is 0 Å². The summed E-state index contributed by atoms with van der Waals surface area (Å²) >= 11 is 0. The monoisotopic (exact) mass is 416 g/mol. The number of carbonyl (C=O) groups is 1. The number of amides is 1. The van der Waals surface area contributed by atoms with Crippen molar-refractivity contribution in [1.82, 2.24) is 14.1 Å². The average Bonchev–Trinajstić information content (AvgIpc) is 3.22. The van der Waals surface area contributed by atoms with Gasteiger partial charge in [-0.15, -0.1) is 0 Å². The molecule has 0 saturated carbocycles. The van der Waals surface area contributed by atoms with Gasteiger partial charge in [-0.2, -0.15) is 9.40 Å². The Morgan fingerprint density at radius 3 is 2.62 bits per heavy atom. The molecule has 1 atom stereocenters. The summed E-state index contributed by atoms with van der Waals surface area (Å²) in [5.41, 5.74) is 2.31. The highest BCUT2D eigenvalue weighted by Gasteiger charge is 2.35. The molecule has 2 aromatic rings. The highest BCUT2D eigenvalue weighted by molar-refractivity contribution is 7.89. The van der Waals surface area contributed by atoms with E-state index in [1.165, 1.54) is 0 Å². The molecule has 0 bridgehead atoms. The van der Waals surface area contributed by atoms with Crippen LogP contribution in [0.3, 0.4) is 0 Å². The van der Waals surface area contributed by atoms with Crippen LogP contribution in [0, 0.1) is 6.92 Å². The van der Waals surface area contributed by atoms with Crippen molar-refractivity contribution in [1.29, 1.82) is 0 Å². The number of hydrogen-bond acceptors (Lipinski definition) is 4. The fraction of sp³-hybridized carbons (Fsp3) is 0.524. The molecule has 2 saturated heterocycles. The van der Waals surface area contributed by atoms with Gasteiger partial charge >= 0.3 is 0 Å². The number of aromatic nitrogens is 2. The maximum absolute atomic E-state index is 13.8. The molecule has 0 aliphatic carbocycles. The van der Waals surface area contributed by atoms with E-state index in [-0.39, 0.29) is 11.9 Å². The molecule has 0 N–H and O–H groups in total. The maximum atomic E-state index is 13.8. The molecule has 156 valence electrons. The fourth-order valence-electron chi connectivity index (χ4n) is 4.40. The maximum Gasteiger partial charge on any atom is 0.243 e. The van der Waals surface area contributed by atoms with Gasteiger partial charge in [-0.25, -0.2) is 8.42 Å². The first-order valence-corrected chi connectivity index (χ1v) is 11.7. The molecule has 2 aliphatic heterocycles. The van der Waals surface area contributed by atoms with E-state index in [0.29, 0.717) is 35.7 Å². The second-order valence-electron chi connectivity index (χ2n) is 8.03. The normalized spacial score (nSPS) is 21.5. The predicted molar refractivity (Wildman–Crippen MR) is 111 cm³/mol. The highest BCUT2D eigenvalue weighted by atomic mass is 32.2. The topological polar surface area (TPSA) is 75.5 Å². The minimum Gasteiger partial charge on any atom is -0.312 e. The van der Waals surface area contributed by atoms with Gasteiger partial charge in [0, 0.05) is 44.0 Å². The van der Waals surface area contributed by atoms with Crippen LogP contribution in [-0.4, -0.2) is 41.5 Å². The van der Waals surface area contributed by atoms with Gasteiger partial charge < -0.3 is 4.90 Å². The lowest BCUT2D eigenvalue weighted by atomic mass is 10.1. The lowest BCUT2D eigenvalue weighted by Gasteiger charge is -2.29. The van der Waals surface area contributed by atoms with Crippen molar-refractivity contribution in [2.45, 2.75) is 56.4 Å². The van der Waals surface area contributed by atoms with Crippen molar-refractivity contribution in [2.24, 2.45) is 7.05 Å². The molecule has 3 heterocycles. The van der Waals surface area contributed by atoms with Crippen LogP contribution in [0.25, 0.3) is 0 Å². The molecule has 2 fully saturated rings. The van der Waals surface area contributed by atoms with E-state index in [2.05, 4.69) is 5.10 Å². The van der Waals surface area contributed by atoms with Crippen LogP contribution in [0.5, 0.6) is 0 Å². The Labute approximate surface area is 172 Å². The standard InChI is InChI=1S/C21H28N4O3S/c1-16-9-10-18(24-11-6-8-21(24)26)13-20(16)29(27,28)25-12-5-3-4-7-19(25)17-14-22-23(2)15-17/h9-10,13-15,19H,3-8,11-12H2,1-2H3. The Hall–Kier alpha value is -2.19. The minimum atomic E-state index is -3.72. The third-order valence-corrected chi connectivity index (χ3v) is 8.01. The number of anilines is 1. The number of hydrogen-bond donors (Lipinski definition) is 0. The zero-order valence-corrected chi connectivity index (χ0v) is 17.9. The Morgan fingerprint density at radius 1 is 1.10 bits per heavy atom. The summed E-state index contributed by atoms with van der Waals surface area (Å²) in [6, 6.07) is 5.12. The van der Waals surface area contributed by atoms with Gasteiger partial charge in [0.2, 0.25) is 15.9 Å². The summed E-state index contributed by atoms with van der Waals surface area (Å²) in [6.45, 7) is 2.96. The molecule has 0 radical (unpaired) electrons. The van der Waals surface area contributed by atoms with Crippen molar-refractivity contribution in [2.75, 3.05) is 18.0 Å². The lowest BCUT2D eigenvalue weighted by molar-refractivity contribution is -0.117. The van der Waals surface area contributed by atoms with Crippen LogP contribution in [0.4, 0.5) is 5.69 Å². The number of rotatable bonds is 4. The first kappa shape index (κ1) is 20.1. The van der Waals surface area contributed by atoms with E-state index in [0.717, 1.165) is 37.7 Å². The Kier molecular flexibility index (Phi) is 5.48. The van der Waals surface area contributed by atoms with Gasteiger partial charge in [0.05, 0.1) is 17.1 Å². The van der Waals surface area contributed by atoms with Gasteiger partial charge in [0.1, 0.15) is 0 Å². The van der Waals surface area contributed by atoms with Crippen molar-refractivity contribution in [3.8, 4) is 0 Å². The Balaban J connectivity index is 1.75. The summed E-state index contributed by atoms with van der Waals surface area (Å²) < 4.78 is 31.0. The van der Waals surface area contributed by atoms with E-state index in [4.69, 9.17) is 0 Å². The second kappa shape index (κ2) is 7.91. The Morgan fingerprint density at radius 2 is 1.93 bits per heavy atom. The summed E-state index contributed by atoms with van der Waals surface area (Å²) in [5.74, 6) is 0.0557. The van der Waals surface area contributed by atoms with Crippen LogP contribution in [0.2, 0.25) is 0 Å². The van der Waals surface area contributed by atoms with E-state index >= 15 is 0 Å². The Bertz CT molecular complexity index is 1010. The first-order chi connectivity index (χ1) is 13.9. The molecule has 0 spiro atoms. The lowest BCUT2D eigenvalue weighted by Crippen LogP contribution is -2.35. The minimum absolute atomic E-state index is 0.0557. The molecule has 1 unspecified atom stereocenters. The number of sulfonamides is 1. The third kappa shape index (κ3) is 3.83. The van der Waals surface area contributed by atoms with Crippen molar-refractivity contribution < 1.29 is 13.2 Å². The number of benzene rings is 1. The summed E-state index contributed by atoms with van der Waals surface area (Å²) in [6.07, 6.45) is 8.65. The summed E-state index contributed by atoms with van der Waals surface area (Å²) in [4.78, 5) is 14.2. The SMILES string of the molecule is Cc1ccc(N2CCCC2=O)cc1S(=O)(=O)N1CCCCCC1c1cnn(C)c1. The number of aryl methyl sites for hydroxylation is 2. The van der Waals surface area contributed by atoms with Crippen LogP contribution in [0.1, 0.15) is 55.7 Å². The molecule has 8 heteroatoms. The zero-order valence-electron chi connectivity index (χ0n) is 17.0. The first-order valence-electron chi connectivity index (χ1n) is 10.3. The van der Waals surface area contributed by atoms with E-state index in [1.807, 2.05) is 32.3 Å². The van der Waals surface area contributed by atoms with E-state index < -0.39 is 10.0 Å². The fourth-order valence-corrected chi connectivity index (χ4v) is 6.33. The van der Waals surface area contributed by atoms with Crippen molar-refractivity contribution in [3.05, 3.63) is 41.7 Å². The largest absolute Gasteiger partial charge is 0.312 e. The van der Waals surface area contributed by atoms with E-state index in [1.54, 1.807) is 26.2 Å². The van der Waals surface area contributed by atoms with E-state index in [9.17, 15) is 13.2 Å². The number of nitrogens with zero attached hydrogens (tertiary/aromatic N) is 4. The van der Waals surface area contributed by atoms with Crippen molar-refractivity contribution >= 4 is 21.6 Å². The molecular weight excluding hydrogens is 388 g/mol. The molecule has 1 aromatic carbocycles. The number of carbonyl (C=O) groups excluding carboxylic acids is 1. The second-order valence-corrected chi connectivity index (χ2v) is 9.89. The van der Waals surface area contributed by atoms with Crippen LogP contribution >= 0.6 is 0 Å². The van der Waals surface area contributed by atoms with Crippen LogP contribution in [0.15, 0.2) is 35.5 Å². The van der Waals surface area contributed by atoms with Gasteiger partial charge in [0.25, 0.3) is 0 Å². The molecule has 1 aromatic heterocycles. The average molecular weight is 417 g/mol. The van der Waals surface area contributed by atoms with Gasteiger partial charge in [-0.1, -0.05) is 18.9 Å². The quantitative estimate of drug-likeness (QED) is 0.767. The molecule has 2 aliphatic rings. The smallest absolute Gasteiger partial charge is 0.243 e. The van der Waals surface area contributed by atoms with Crippen LogP contribution < -0.4 is 4.90 Å². The predicted octanol–water partition coefficient (Wildman–Crippen LogP) is 3.16. The molecule has 1 amide bonds. The molecule has 7 nitrogen and oxygen atoms in total. The highest BCUT2D eigenvalue weighted by Crippen LogP contribution is 2.36. The van der Waals surface area contributed by atoms with Gasteiger partial charge in [0.15, 0.2) is 0 Å². The molecule has 4 rings (SSSR count). The zero-order chi connectivity index (χ0) is 20.6. The molecular formula is C21H28N4O3S. The third-order valence-electron chi connectivity index (χ3n) is 5.96. The van der Waals surface area contributed by atoms with Crippen LogP contribution in [-0.2, 0) is 21.9 Å².